The molecule has 26 heavy (non-hydrogen) atoms. The second-order valence-electron chi connectivity index (χ2n) is 5.26. The maximum absolute atomic E-state index is 11.5. The maximum atomic E-state index is 11.5. The first kappa shape index (κ1) is 22.6. The summed E-state index contributed by atoms with van der Waals surface area (Å²) in [7, 11) is 0. The van der Waals surface area contributed by atoms with E-state index in [0.717, 1.165) is 0 Å². The number of ketones is 1. The van der Waals surface area contributed by atoms with Crippen LogP contribution in [-0.4, -0.2) is 11.8 Å². The molecular formula is C20H12Na2O4. The van der Waals surface area contributed by atoms with E-state index < -0.39 is 5.97 Å². The van der Waals surface area contributed by atoms with Crippen LogP contribution in [0.25, 0.3) is 5.57 Å². The van der Waals surface area contributed by atoms with Gasteiger partial charge in [-0.05, 0) is 34.4 Å². The van der Waals surface area contributed by atoms with E-state index in [0.29, 0.717) is 22.3 Å². The van der Waals surface area contributed by atoms with Crippen molar-refractivity contribution < 1.29 is 78.9 Å². The van der Waals surface area contributed by atoms with Crippen molar-refractivity contribution in [1.82, 2.24) is 0 Å². The van der Waals surface area contributed by atoms with E-state index in [1.54, 1.807) is 42.5 Å². The van der Waals surface area contributed by atoms with E-state index in [1.807, 2.05) is 0 Å². The summed E-state index contributed by atoms with van der Waals surface area (Å²) in [5.74, 6) is -1.56. The van der Waals surface area contributed by atoms with Crippen LogP contribution in [0.5, 0.6) is 5.75 Å². The Bertz CT molecular complexity index is 892. The molecule has 0 bridgehead atoms. The fourth-order valence-electron chi connectivity index (χ4n) is 2.60. The minimum atomic E-state index is -1.29. The number of carbonyl (C=O) groups excluding carboxylic acids is 2. The van der Waals surface area contributed by atoms with Crippen LogP contribution in [0.1, 0.15) is 21.5 Å². The number of benzene rings is 2. The quantitative estimate of drug-likeness (QED) is 0.517. The minimum Gasteiger partial charge on any atom is -0.872 e. The first-order valence-electron chi connectivity index (χ1n) is 7.29. The fourth-order valence-corrected chi connectivity index (χ4v) is 2.60. The monoisotopic (exact) mass is 362 g/mol. The molecule has 0 atom stereocenters. The first-order valence-corrected chi connectivity index (χ1v) is 7.29. The van der Waals surface area contributed by atoms with Gasteiger partial charge in [0.05, 0.1) is 5.97 Å². The van der Waals surface area contributed by atoms with Gasteiger partial charge in [0.15, 0.2) is 5.78 Å². The molecule has 0 aliphatic heterocycles. The summed E-state index contributed by atoms with van der Waals surface area (Å²) in [5.41, 5.74) is 2.50. The first-order chi connectivity index (χ1) is 11.6. The average molecular weight is 362 g/mol. The van der Waals surface area contributed by atoms with E-state index in [4.69, 9.17) is 0 Å². The van der Waals surface area contributed by atoms with Gasteiger partial charge in [-0.25, -0.2) is 0 Å². The number of aromatic carboxylic acids is 1. The molecule has 0 N–H and O–H groups in total. The molecule has 0 aromatic heterocycles. The van der Waals surface area contributed by atoms with Crippen LogP contribution in [0.3, 0.4) is 0 Å². The normalized spacial score (nSPS) is 12.2. The summed E-state index contributed by atoms with van der Waals surface area (Å²) in [4.78, 5) is 22.9. The molecule has 2 aromatic carbocycles. The van der Waals surface area contributed by atoms with Gasteiger partial charge >= 0.3 is 59.1 Å². The zero-order chi connectivity index (χ0) is 17.1. The molecule has 0 unspecified atom stereocenters. The van der Waals surface area contributed by atoms with Gasteiger partial charge in [0, 0.05) is 5.56 Å². The van der Waals surface area contributed by atoms with Gasteiger partial charge in [-0.3, -0.25) is 4.79 Å². The van der Waals surface area contributed by atoms with Crippen LogP contribution in [0.15, 0.2) is 78.4 Å². The van der Waals surface area contributed by atoms with Gasteiger partial charge in [-0.2, -0.15) is 0 Å². The number of hydrogen-bond donors (Lipinski definition) is 0. The summed E-state index contributed by atoms with van der Waals surface area (Å²) in [6.45, 7) is 0. The predicted octanol–water partition coefficient (Wildman–Crippen LogP) is -4.37. The molecule has 0 amide bonds. The Kier molecular flexibility index (Phi) is 8.77. The van der Waals surface area contributed by atoms with Gasteiger partial charge in [0.2, 0.25) is 0 Å². The van der Waals surface area contributed by atoms with Crippen LogP contribution in [0.2, 0.25) is 0 Å². The molecule has 0 radical (unpaired) electrons. The van der Waals surface area contributed by atoms with Gasteiger partial charge in [-0.15, -0.1) is 5.75 Å². The summed E-state index contributed by atoms with van der Waals surface area (Å²) in [5, 5.41) is 22.9. The molecule has 0 spiro atoms. The Morgan fingerprint density at radius 3 is 1.85 bits per heavy atom. The smallest absolute Gasteiger partial charge is 0.872 e. The Labute approximate surface area is 195 Å². The molecule has 2 aromatic rings. The molecule has 1 aliphatic rings. The Morgan fingerprint density at radius 1 is 0.769 bits per heavy atom. The molecule has 0 saturated heterocycles. The molecule has 3 rings (SSSR count). The molecule has 118 valence electrons. The number of allylic oxidation sites excluding steroid dienone is 5. The standard InChI is InChI=1S/C20H14O4.2Na/c21-15-9-5-13(6-10-15)19(14-7-11-16(22)12-8-14)17-3-1-2-4-18(17)20(23)24;;/h1-12,21H,(H,23,24);;/q;2*+1/p-2. The van der Waals surface area contributed by atoms with Crippen LogP contribution >= 0.6 is 0 Å². The van der Waals surface area contributed by atoms with Crippen molar-refractivity contribution in [2.75, 3.05) is 0 Å². The molecular weight excluding hydrogens is 350 g/mol. The van der Waals surface area contributed by atoms with Crippen molar-refractivity contribution in [2.45, 2.75) is 0 Å². The van der Waals surface area contributed by atoms with Crippen LogP contribution in [0, 0.1) is 0 Å². The Morgan fingerprint density at radius 2 is 1.31 bits per heavy atom. The van der Waals surface area contributed by atoms with Crippen LogP contribution in [0.4, 0.5) is 0 Å². The fraction of sp³-hybridized carbons (Fsp3) is 0. The number of hydrogen-bond acceptors (Lipinski definition) is 4. The maximum Gasteiger partial charge on any atom is 1.00 e. The van der Waals surface area contributed by atoms with Crippen molar-refractivity contribution in [2.24, 2.45) is 0 Å². The van der Waals surface area contributed by atoms with Gasteiger partial charge in [0.1, 0.15) is 0 Å². The third-order valence-corrected chi connectivity index (χ3v) is 3.70. The van der Waals surface area contributed by atoms with Crippen molar-refractivity contribution >= 4 is 17.3 Å². The second kappa shape index (κ2) is 10.1. The topological polar surface area (TPSA) is 80.3 Å². The predicted molar refractivity (Wildman–Crippen MR) is 86.0 cm³/mol. The van der Waals surface area contributed by atoms with E-state index in [1.165, 1.54) is 30.4 Å². The van der Waals surface area contributed by atoms with Crippen LogP contribution < -0.4 is 69.3 Å². The van der Waals surface area contributed by atoms with Crippen molar-refractivity contribution in [3.8, 4) is 5.75 Å². The second-order valence-corrected chi connectivity index (χ2v) is 5.26. The zero-order valence-corrected chi connectivity index (χ0v) is 18.6. The number of carboxylic acids is 1. The van der Waals surface area contributed by atoms with Gasteiger partial charge in [-0.1, -0.05) is 60.7 Å². The molecule has 0 heterocycles. The van der Waals surface area contributed by atoms with Crippen molar-refractivity contribution in [1.29, 1.82) is 0 Å². The average Bonchev–Trinajstić information content (AvgIpc) is 2.59. The number of rotatable bonds is 3. The van der Waals surface area contributed by atoms with E-state index in [9.17, 15) is 19.8 Å². The SMILES string of the molecule is O=C1C=CC(=C(c2ccc([O-])cc2)c2ccccc2C(=O)[O-])C=C1.[Na+].[Na+]. The summed E-state index contributed by atoms with van der Waals surface area (Å²) in [6, 6.07) is 12.6. The number of carboxylic acid groups (broad SMARTS) is 1. The molecule has 0 saturated carbocycles. The van der Waals surface area contributed by atoms with Gasteiger partial charge in [0.25, 0.3) is 0 Å². The number of carbonyl (C=O) groups is 2. The molecule has 1 aliphatic carbocycles. The zero-order valence-electron chi connectivity index (χ0n) is 14.6. The molecule has 6 heteroatoms. The largest absolute Gasteiger partial charge is 1.00 e. The third-order valence-electron chi connectivity index (χ3n) is 3.70. The summed E-state index contributed by atoms with van der Waals surface area (Å²) >= 11 is 0. The Balaban J connectivity index is 0.00000169. The molecule has 0 fully saturated rings. The van der Waals surface area contributed by atoms with Crippen molar-refractivity contribution in [3.05, 3.63) is 95.1 Å². The van der Waals surface area contributed by atoms with Gasteiger partial charge < -0.3 is 15.0 Å². The van der Waals surface area contributed by atoms with E-state index >= 15 is 0 Å². The third kappa shape index (κ3) is 5.07. The molecule has 4 nitrogen and oxygen atoms in total. The Hall–Kier alpha value is -1.40. The van der Waals surface area contributed by atoms with Crippen molar-refractivity contribution in [3.63, 3.8) is 0 Å². The minimum absolute atomic E-state index is 0. The van der Waals surface area contributed by atoms with Crippen LogP contribution in [-0.2, 0) is 4.79 Å². The summed E-state index contributed by atoms with van der Waals surface area (Å²) in [6.07, 6.45) is 6.10. The van der Waals surface area contributed by atoms with E-state index in [-0.39, 0.29) is 76.2 Å². The van der Waals surface area contributed by atoms with E-state index in [2.05, 4.69) is 0 Å². The summed E-state index contributed by atoms with van der Waals surface area (Å²) < 4.78 is 0.